The lowest BCUT2D eigenvalue weighted by atomic mass is 10.0. The molecule has 25 nitrogen and oxygen atoms in total. The summed E-state index contributed by atoms with van der Waals surface area (Å²) < 4.78 is 64.7. The van der Waals surface area contributed by atoms with Crippen LogP contribution >= 0.6 is 11.6 Å². The normalized spacial score (nSPS) is 14.2. The van der Waals surface area contributed by atoms with E-state index in [9.17, 15) is 42.3 Å². The summed E-state index contributed by atoms with van der Waals surface area (Å²) in [6, 6.07) is 30.3. The van der Waals surface area contributed by atoms with E-state index in [2.05, 4.69) is 67.2 Å². The lowest BCUT2D eigenvalue weighted by Crippen LogP contribution is -2.47. The van der Waals surface area contributed by atoms with Crippen LogP contribution in [0.2, 0.25) is 5.02 Å². The van der Waals surface area contributed by atoms with Crippen molar-refractivity contribution in [2.75, 3.05) is 101 Å². The van der Waals surface area contributed by atoms with Crippen LogP contribution in [0.25, 0.3) is 33.8 Å². The van der Waals surface area contributed by atoms with E-state index in [-0.39, 0.29) is 67.1 Å². The van der Waals surface area contributed by atoms with Gasteiger partial charge >= 0.3 is 0 Å². The van der Waals surface area contributed by atoms with Crippen LogP contribution in [-0.2, 0) is 21.4 Å². The Labute approximate surface area is 599 Å². The van der Waals surface area contributed by atoms with Gasteiger partial charge in [-0.2, -0.15) is 14.2 Å². The number of halogens is 5. The number of β-amino-alcohol motifs (C(OH)–C–C–N with tert-alkyl or cyclic N) is 1. The molecule has 0 atom stereocenters. The highest BCUT2D eigenvalue weighted by Crippen LogP contribution is 2.35. The molecule has 0 aliphatic carbocycles. The summed E-state index contributed by atoms with van der Waals surface area (Å²) >= 11 is 6.54. The fourth-order valence-corrected chi connectivity index (χ4v) is 12.1. The number of methoxy groups -OCH3 is 1. The molecule has 4 aromatic heterocycles. The number of aryl methyl sites for hydroxylation is 1. The van der Waals surface area contributed by atoms with E-state index < -0.39 is 11.7 Å². The number of amides is 3. The number of anilines is 4. The van der Waals surface area contributed by atoms with Crippen molar-refractivity contribution in [1.29, 1.82) is 0 Å². The van der Waals surface area contributed by atoms with E-state index in [0.29, 0.717) is 119 Å². The molecule has 1 saturated heterocycles. The van der Waals surface area contributed by atoms with Crippen molar-refractivity contribution in [3.8, 4) is 39.5 Å². The topological polar surface area (TPSA) is 281 Å². The van der Waals surface area contributed by atoms with Gasteiger partial charge in [-0.25, -0.2) is 37.5 Å². The van der Waals surface area contributed by atoms with Crippen molar-refractivity contribution in [2.45, 2.75) is 32.6 Å². The first-order valence-corrected chi connectivity index (χ1v) is 33.3. The summed E-state index contributed by atoms with van der Waals surface area (Å²) in [4.78, 5) is 86.2. The third kappa shape index (κ3) is 17.2. The molecule has 0 radical (unpaired) electrons. The van der Waals surface area contributed by atoms with Crippen molar-refractivity contribution < 1.29 is 61.8 Å². The van der Waals surface area contributed by atoms with Crippen molar-refractivity contribution in [3.63, 3.8) is 0 Å². The second-order valence-corrected chi connectivity index (χ2v) is 24.3. The van der Waals surface area contributed by atoms with Crippen molar-refractivity contribution in [3.05, 3.63) is 233 Å². The van der Waals surface area contributed by atoms with E-state index in [1.807, 2.05) is 24.3 Å². The van der Waals surface area contributed by atoms with Crippen LogP contribution in [0.3, 0.4) is 0 Å². The van der Waals surface area contributed by atoms with Crippen LogP contribution in [-0.4, -0.2) is 169 Å². The predicted molar refractivity (Wildman–Crippen MR) is 386 cm³/mol. The maximum atomic E-state index is 13.8. The second-order valence-electron chi connectivity index (χ2n) is 23.9. The molecule has 104 heavy (non-hydrogen) atoms. The van der Waals surface area contributed by atoms with E-state index in [0.717, 1.165) is 62.3 Å². The molecule has 5 N–H and O–H groups in total. The molecule has 538 valence electrons. The highest BCUT2D eigenvalue weighted by molar-refractivity contribution is 6.34. The number of nitrogens with one attached hydrogen (secondary N) is 2. The quantitative estimate of drug-likeness (QED) is 0.0312. The Hall–Kier alpha value is -11.8. The number of imidazole rings is 3. The molecule has 3 amide bonds. The minimum atomic E-state index is -0.826. The van der Waals surface area contributed by atoms with Crippen LogP contribution in [0.4, 0.5) is 40.3 Å². The molecule has 5 aromatic carbocycles. The number of aromatic nitrogens is 7. The van der Waals surface area contributed by atoms with Crippen molar-refractivity contribution in [2.24, 2.45) is 27.0 Å². The fourth-order valence-electron chi connectivity index (χ4n) is 11.9. The van der Waals surface area contributed by atoms with Gasteiger partial charge in [-0.3, -0.25) is 34.3 Å². The zero-order chi connectivity index (χ0) is 73.6. The summed E-state index contributed by atoms with van der Waals surface area (Å²) in [5.41, 5.74) is 11.8. The number of pyridine rings is 1. The molecular weight excluding hydrogens is 1370 g/mol. The third-order valence-electron chi connectivity index (χ3n) is 17.2. The molecule has 1 fully saturated rings. The van der Waals surface area contributed by atoms with Gasteiger partial charge in [0.25, 0.3) is 17.7 Å². The molecule has 0 saturated carbocycles. The number of ether oxygens (including phenoxy) is 1. The van der Waals surface area contributed by atoms with Gasteiger partial charge in [0.2, 0.25) is 0 Å². The lowest BCUT2D eigenvalue weighted by Gasteiger charge is -2.36. The molecule has 4 aliphatic rings. The van der Waals surface area contributed by atoms with Gasteiger partial charge in [0.05, 0.1) is 77.8 Å². The zero-order valence-corrected chi connectivity index (χ0v) is 58.0. The van der Waals surface area contributed by atoms with Gasteiger partial charge in [-0.1, -0.05) is 18.5 Å². The minimum absolute atomic E-state index is 0.0438. The maximum Gasteiger partial charge on any atom is 0.275 e. The Kier molecular flexibility index (Phi) is 23.9. The minimum Gasteiger partial charge on any atom is -0.494 e. The Bertz CT molecular complexity index is 4900. The average molecular weight is 1440 g/mol. The summed E-state index contributed by atoms with van der Waals surface area (Å²) in [5, 5.41) is 33.8. The SMILES string of the molecule is CCCN(CCO)c1ccc(NC(=O)C2=CN=C(c3c(-c4ccc(F)cc4)ncn3OC)C2)c(OC)c1.COn1cnc(-c2ccc(F)cc2)c1C1=NC=C(C(=O)Nc2ccc(N3CCN(CCO)CC3)cc2Cl)C1.Cn1cnc(-c2ccc(F)cc2)c1C1=NC=C(C(=O)N=c2ccn(O)cc2F)C1. The Morgan fingerprint density at radius 1 is 0.606 bits per heavy atom. The first-order chi connectivity index (χ1) is 50.4. The molecule has 8 heterocycles. The number of piperazine rings is 1. The number of hydrogen-bond acceptors (Lipinski definition) is 18. The van der Waals surface area contributed by atoms with Crippen LogP contribution < -0.4 is 40.2 Å². The van der Waals surface area contributed by atoms with Gasteiger partial charge in [0.1, 0.15) is 78.2 Å². The number of carbonyl (C=O) groups is 3. The van der Waals surface area contributed by atoms with E-state index in [1.165, 1.54) is 104 Å². The van der Waals surface area contributed by atoms with Gasteiger partial charge in [0, 0.05) is 148 Å². The molecule has 30 heteroatoms. The molecular formula is C74H73ClF4N16O9. The smallest absolute Gasteiger partial charge is 0.275 e. The molecule has 0 bridgehead atoms. The highest BCUT2D eigenvalue weighted by atomic mass is 35.5. The first kappa shape index (κ1) is 73.4. The summed E-state index contributed by atoms with van der Waals surface area (Å²) in [7, 11) is 6.36. The maximum absolute atomic E-state index is 13.8. The monoisotopic (exact) mass is 1440 g/mol. The van der Waals surface area contributed by atoms with Crippen molar-refractivity contribution in [1.82, 2.24) is 38.6 Å². The van der Waals surface area contributed by atoms with Crippen LogP contribution in [0, 0.1) is 23.3 Å². The van der Waals surface area contributed by atoms with Crippen LogP contribution in [0.5, 0.6) is 5.75 Å². The lowest BCUT2D eigenvalue weighted by molar-refractivity contribution is -0.115. The average Bonchev–Trinajstić information content (AvgIpc) is 1.65. The Morgan fingerprint density at radius 2 is 1.11 bits per heavy atom. The zero-order valence-electron chi connectivity index (χ0n) is 57.2. The van der Waals surface area contributed by atoms with Crippen LogP contribution in [0.1, 0.15) is 49.7 Å². The molecule has 9 aromatic rings. The summed E-state index contributed by atoms with van der Waals surface area (Å²) in [6.45, 7) is 7.69. The van der Waals surface area contributed by atoms with Crippen LogP contribution in [0.15, 0.2) is 202 Å². The molecule has 0 unspecified atom stereocenters. The van der Waals surface area contributed by atoms with E-state index >= 15 is 0 Å². The van der Waals surface area contributed by atoms with Crippen molar-refractivity contribution >= 4 is 69.2 Å². The predicted octanol–water partition coefficient (Wildman–Crippen LogP) is 9.52. The largest absolute Gasteiger partial charge is 0.494 e. The third-order valence-corrected chi connectivity index (χ3v) is 17.5. The van der Waals surface area contributed by atoms with E-state index in [4.69, 9.17) is 31.1 Å². The fraction of sp³-hybridized carbons (Fsp3) is 0.243. The second kappa shape index (κ2) is 33.8. The Morgan fingerprint density at radius 3 is 1.61 bits per heavy atom. The Balaban J connectivity index is 0.000000158. The number of aliphatic hydroxyl groups is 2. The number of nitrogens with zero attached hydrogens (tertiary/aromatic N) is 14. The highest BCUT2D eigenvalue weighted by Gasteiger charge is 2.30. The molecule has 4 aliphatic heterocycles. The number of aliphatic imine (C=N–C) groups is 3. The standard InChI is InChI=1S/C27H28ClFN6O3.C27H30FN5O4.C20H15F2N5O2/c1-38-35-17-31-25(18-2-4-20(29)5-3-18)26(35)24-14-19(16-30-24)27(37)32-23-7-6-21(15-22(23)28)34-10-8-33(9-11-34)12-13-36;1-4-11-32(12-13-34)21-9-10-22(24(15-21)36-2)31-27(35)19-14-23(29-16-19)26-25(30-17-33(26)37-3)18-5-7-20(28)8-6-18;1-26-11-24-18(12-2-4-14(21)5-3-12)19(26)17-8-13(9-23-17)20(28)25-16-6-7-27(29)10-15(16)22/h2-7,15-17,36H,8-14H2,1H3,(H,32,37);5-10,15-17,34H,4,11-14H2,1-3H3,(H,31,35);2-7,9-11,29H,8H2,1H3. The number of aliphatic hydroxyl groups excluding tert-OH is 2. The van der Waals surface area contributed by atoms with Gasteiger partial charge in [-0.15, -0.1) is 0 Å². The van der Waals surface area contributed by atoms with Gasteiger partial charge in [-0.05, 0) is 116 Å². The summed E-state index contributed by atoms with van der Waals surface area (Å²) in [6.07, 6.45) is 12.7. The number of rotatable bonds is 22. The number of carbonyl (C=O) groups excluding carboxylic acids is 3. The van der Waals surface area contributed by atoms with E-state index in [1.54, 1.807) is 73.6 Å². The molecule has 13 rings (SSSR count). The number of hydrogen-bond donors (Lipinski definition) is 5. The first-order valence-electron chi connectivity index (χ1n) is 32.9. The number of benzene rings is 5. The summed E-state index contributed by atoms with van der Waals surface area (Å²) in [5.74, 6) is -2.57. The van der Waals surface area contributed by atoms with Gasteiger partial charge in [0.15, 0.2) is 5.82 Å². The molecule has 0 spiro atoms. The van der Waals surface area contributed by atoms with Gasteiger partial charge < -0.3 is 54.8 Å².